The second-order valence-corrected chi connectivity index (χ2v) is 11.8. The van der Waals surface area contributed by atoms with E-state index in [9.17, 15) is 13.2 Å². The molecule has 2 fully saturated rings. The topological polar surface area (TPSA) is 60.9 Å². The summed E-state index contributed by atoms with van der Waals surface area (Å²) in [5.74, 6) is -0.0469. The van der Waals surface area contributed by atoms with Crippen LogP contribution in [0.15, 0.2) is 89.8 Å². The van der Waals surface area contributed by atoms with E-state index >= 15 is 0 Å². The number of sulfonamides is 1. The molecule has 0 spiro atoms. The molecule has 3 aromatic rings. The molecule has 5 rings (SSSR count). The average Bonchev–Trinajstić information content (AvgIpc) is 3.25. The molecule has 6 nitrogen and oxygen atoms in total. The van der Waals surface area contributed by atoms with E-state index in [1.54, 1.807) is 28.6 Å². The molecule has 0 N–H and O–H groups in total. The van der Waals surface area contributed by atoms with Crippen LogP contribution in [0.3, 0.4) is 0 Å². The van der Waals surface area contributed by atoms with Crippen LogP contribution in [0.5, 0.6) is 0 Å². The number of rotatable bonds is 6. The lowest BCUT2D eigenvalue weighted by Gasteiger charge is -2.39. The summed E-state index contributed by atoms with van der Waals surface area (Å²) < 4.78 is 27.8. The van der Waals surface area contributed by atoms with Crippen LogP contribution in [0, 0.1) is 0 Å². The molecule has 2 heterocycles. The molecule has 0 aliphatic carbocycles. The molecular formula is C30H35N3O3S. The minimum Gasteiger partial charge on any atom is -0.336 e. The lowest BCUT2D eigenvalue weighted by molar-refractivity contribution is 0.0597. The van der Waals surface area contributed by atoms with Gasteiger partial charge in [-0.3, -0.25) is 9.69 Å². The summed E-state index contributed by atoms with van der Waals surface area (Å²) >= 11 is 0. The molecule has 0 atom stereocenters. The van der Waals surface area contributed by atoms with Gasteiger partial charge >= 0.3 is 0 Å². The first-order valence-corrected chi connectivity index (χ1v) is 14.7. The van der Waals surface area contributed by atoms with Crippen molar-refractivity contribution in [1.29, 1.82) is 0 Å². The molecule has 3 aromatic carbocycles. The van der Waals surface area contributed by atoms with Gasteiger partial charge in [0.1, 0.15) is 0 Å². The van der Waals surface area contributed by atoms with Crippen molar-refractivity contribution in [1.82, 2.24) is 14.1 Å². The maximum atomic E-state index is 13.3. The fraction of sp³-hybridized carbons (Fsp3) is 0.367. The van der Waals surface area contributed by atoms with Gasteiger partial charge in [0.15, 0.2) is 0 Å². The van der Waals surface area contributed by atoms with E-state index in [0.29, 0.717) is 31.7 Å². The number of amides is 1. The normalized spacial score (nSPS) is 18.0. The number of hydrogen-bond acceptors (Lipinski definition) is 4. The highest BCUT2D eigenvalue weighted by Gasteiger charge is 2.29. The molecule has 1 amide bonds. The lowest BCUT2D eigenvalue weighted by Crippen LogP contribution is -2.49. The summed E-state index contributed by atoms with van der Waals surface area (Å²) in [6.07, 6.45) is 3.95. The smallest absolute Gasteiger partial charge is 0.253 e. The lowest BCUT2D eigenvalue weighted by atomic mass is 9.96. The molecule has 2 aliphatic heterocycles. The Labute approximate surface area is 220 Å². The highest BCUT2D eigenvalue weighted by Crippen LogP contribution is 2.30. The number of hydrogen-bond donors (Lipinski definition) is 0. The summed E-state index contributed by atoms with van der Waals surface area (Å²) in [5, 5.41) is 0. The van der Waals surface area contributed by atoms with Crippen molar-refractivity contribution in [2.75, 3.05) is 39.3 Å². The third-order valence-electron chi connectivity index (χ3n) is 7.50. The van der Waals surface area contributed by atoms with Gasteiger partial charge < -0.3 is 4.90 Å². The minimum absolute atomic E-state index is 0.0469. The second kappa shape index (κ2) is 11.6. The number of benzene rings is 3. The Bertz CT molecular complexity index is 1230. The molecule has 0 aromatic heterocycles. The summed E-state index contributed by atoms with van der Waals surface area (Å²) in [5.41, 5.74) is 3.02. The Balaban J connectivity index is 1.26. The maximum absolute atomic E-state index is 13.3. The number of carbonyl (C=O) groups excluding carboxylic acids is 1. The zero-order valence-electron chi connectivity index (χ0n) is 21.2. The Morgan fingerprint density at radius 2 is 1.14 bits per heavy atom. The first-order valence-electron chi connectivity index (χ1n) is 13.3. The van der Waals surface area contributed by atoms with Crippen molar-refractivity contribution >= 4 is 15.9 Å². The molecule has 0 radical (unpaired) electrons. The fourth-order valence-electron chi connectivity index (χ4n) is 5.45. The van der Waals surface area contributed by atoms with Crippen LogP contribution < -0.4 is 0 Å². The zero-order chi connectivity index (χ0) is 25.7. The van der Waals surface area contributed by atoms with Gasteiger partial charge in [-0.15, -0.1) is 0 Å². The molecular weight excluding hydrogens is 482 g/mol. The van der Waals surface area contributed by atoms with Gasteiger partial charge in [-0.2, -0.15) is 4.31 Å². The SMILES string of the molecule is O=C(c1ccc(S(=O)(=O)N2CCCCCC2)cc1)N1CCN(C(c2ccccc2)c2ccccc2)CC1. The van der Waals surface area contributed by atoms with Crippen LogP contribution in [0.2, 0.25) is 0 Å². The van der Waals surface area contributed by atoms with E-state index in [0.717, 1.165) is 38.8 Å². The first-order chi connectivity index (χ1) is 18.0. The van der Waals surface area contributed by atoms with Crippen molar-refractivity contribution < 1.29 is 13.2 Å². The van der Waals surface area contributed by atoms with E-state index < -0.39 is 10.0 Å². The van der Waals surface area contributed by atoms with Crippen molar-refractivity contribution in [3.63, 3.8) is 0 Å². The van der Waals surface area contributed by atoms with Crippen LogP contribution in [0.1, 0.15) is 53.2 Å². The van der Waals surface area contributed by atoms with Crippen LogP contribution in [0.4, 0.5) is 0 Å². The molecule has 37 heavy (non-hydrogen) atoms. The van der Waals surface area contributed by atoms with Crippen molar-refractivity contribution in [3.8, 4) is 0 Å². The highest BCUT2D eigenvalue weighted by molar-refractivity contribution is 7.89. The van der Waals surface area contributed by atoms with Gasteiger partial charge in [0.25, 0.3) is 5.91 Å². The molecule has 194 valence electrons. The molecule has 7 heteroatoms. The third-order valence-corrected chi connectivity index (χ3v) is 9.41. The number of piperazine rings is 1. The summed E-state index contributed by atoms with van der Waals surface area (Å²) in [6.45, 7) is 3.93. The van der Waals surface area contributed by atoms with Gasteiger partial charge in [0, 0.05) is 44.8 Å². The minimum atomic E-state index is -3.52. The van der Waals surface area contributed by atoms with Gasteiger partial charge in [0.2, 0.25) is 10.0 Å². The van der Waals surface area contributed by atoms with Crippen molar-refractivity contribution in [3.05, 3.63) is 102 Å². The molecule has 0 saturated carbocycles. The Hall–Kier alpha value is -3.00. The van der Waals surface area contributed by atoms with Gasteiger partial charge in [-0.1, -0.05) is 73.5 Å². The summed E-state index contributed by atoms with van der Waals surface area (Å²) in [7, 11) is -3.52. The highest BCUT2D eigenvalue weighted by atomic mass is 32.2. The monoisotopic (exact) mass is 517 g/mol. The van der Waals surface area contributed by atoms with E-state index in [2.05, 4.69) is 53.4 Å². The van der Waals surface area contributed by atoms with Crippen molar-refractivity contribution in [2.24, 2.45) is 0 Å². The molecule has 2 saturated heterocycles. The first kappa shape index (κ1) is 25.6. The predicted molar refractivity (Wildman–Crippen MR) is 146 cm³/mol. The van der Waals surface area contributed by atoms with Crippen LogP contribution >= 0.6 is 0 Å². The molecule has 0 unspecified atom stereocenters. The van der Waals surface area contributed by atoms with E-state index in [4.69, 9.17) is 0 Å². The largest absolute Gasteiger partial charge is 0.336 e. The van der Waals surface area contributed by atoms with Crippen LogP contribution in [-0.2, 0) is 10.0 Å². The fourth-order valence-corrected chi connectivity index (χ4v) is 6.97. The molecule has 0 bridgehead atoms. The van der Waals surface area contributed by atoms with E-state index in [-0.39, 0.29) is 16.8 Å². The summed E-state index contributed by atoms with van der Waals surface area (Å²) in [4.78, 5) is 17.9. The Kier molecular flexibility index (Phi) is 8.03. The second-order valence-electron chi connectivity index (χ2n) is 9.89. The zero-order valence-corrected chi connectivity index (χ0v) is 22.0. The van der Waals surface area contributed by atoms with Gasteiger partial charge in [-0.25, -0.2) is 8.42 Å². The quantitative estimate of drug-likeness (QED) is 0.471. The maximum Gasteiger partial charge on any atom is 0.253 e. The van der Waals surface area contributed by atoms with E-state index in [1.165, 1.54) is 11.1 Å². The Morgan fingerprint density at radius 1 is 0.622 bits per heavy atom. The number of nitrogens with zero attached hydrogens (tertiary/aromatic N) is 3. The van der Waals surface area contributed by atoms with Crippen LogP contribution in [0.25, 0.3) is 0 Å². The van der Waals surface area contributed by atoms with Gasteiger partial charge in [0.05, 0.1) is 10.9 Å². The molecule has 2 aliphatic rings. The standard InChI is InChI=1S/C30H35N3O3S/c34-30(27-15-17-28(18-16-27)37(35,36)33-19-9-1-2-10-20-33)32-23-21-31(22-24-32)29(25-11-5-3-6-12-25)26-13-7-4-8-14-26/h3-8,11-18,29H,1-2,9-10,19-24H2. The van der Waals surface area contributed by atoms with Crippen LogP contribution in [-0.4, -0.2) is 67.7 Å². The van der Waals surface area contributed by atoms with Crippen molar-refractivity contribution in [2.45, 2.75) is 36.6 Å². The Morgan fingerprint density at radius 3 is 1.65 bits per heavy atom. The van der Waals surface area contributed by atoms with E-state index in [1.807, 2.05) is 17.0 Å². The summed E-state index contributed by atoms with van der Waals surface area (Å²) in [6, 6.07) is 27.6. The van der Waals surface area contributed by atoms with Gasteiger partial charge in [-0.05, 0) is 48.2 Å². The third kappa shape index (κ3) is 5.79. The predicted octanol–water partition coefficient (Wildman–Crippen LogP) is 4.80. The number of carbonyl (C=O) groups is 1. The average molecular weight is 518 g/mol.